The first kappa shape index (κ1) is 39.3. The molecule has 0 spiro atoms. The van der Waals surface area contributed by atoms with Crippen LogP contribution in [0.15, 0.2) is 109 Å². The van der Waals surface area contributed by atoms with Crippen molar-refractivity contribution in [1.82, 2.24) is 14.5 Å². The van der Waals surface area contributed by atoms with E-state index in [-0.39, 0.29) is 51.8 Å². The van der Waals surface area contributed by atoms with Gasteiger partial charge in [-0.25, -0.2) is 0 Å². The summed E-state index contributed by atoms with van der Waals surface area (Å²) in [6, 6.07) is 42.5. The molecule has 5 aromatic carbocycles. The van der Waals surface area contributed by atoms with Crippen LogP contribution in [0, 0.1) is 17.5 Å². The van der Waals surface area contributed by atoms with Gasteiger partial charge in [-0.05, 0) is 17.0 Å². The zero-order valence-electron chi connectivity index (χ0n) is 34.1. The van der Waals surface area contributed by atoms with E-state index in [0.29, 0.717) is 11.5 Å². The zero-order valence-corrected chi connectivity index (χ0v) is 38.1. The van der Waals surface area contributed by atoms with Crippen molar-refractivity contribution >= 4 is 66.4 Å². The first-order valence-electron chi connectivity index (χ1n) is 19.5. The Labute approximate surface area is 356 Å². The largest absolute Gasteiger partial charge is 2.00 e. The summed E-state index contributed by atoms with van der Waals surface area (Å²) in [6.07, 6.45) is 4.92. The number of rotatable bonds is 5. The maximum atomic E-state index is 6.77. The molecule has 0 unspecified atom stereocenters. The number of pyridine rings is 2. The van der Waals surface area contributed by atoms with Crippen LogP contribution in [0.2, 0.25) is 0 Å². The number of hydrogen-bond acceptors (Lipinski definition) is 3. The van der Waals surface area contributed by atoms with Crippen LogP contribution < -0.4 is 4.74 Å². The van der Waals surface area contributed by atoms with E-state index in [1.165, 1.54) is 46.8 Å². The van der Waals surface area contributed by atoms with Crippen molar-refractivity contribution in [3.8, 4) is 28.6 Å². The van der Waals surface area contributed by atoms with E-state index in [0.717, 1.165) is 45.3 Å². The minimum atomic E-state index is -0.126. The van der Waals surface area contributed by atoms with Crippen molar-refractivity contribution < 1.29 is 25.8 Å². The van der Waals surface area contributed by atoms with Gasteiger partial charge < -0.3 is 0 Å². The van der Waals surface area contributed by atoms with Gasteiger partial charge in [-0.2, -0.15) is 0 Å². The number of ether oxygens (including phenoxy) is 1. The van der Waals surface area contributed by atoms with E-state index >= 15 is 0 Å². The van der Waals surface area contributed by atoms with Crippen LogP contribution in [0.3, 0.4) is 0 Å². The van der Waals surface area contributed by atoms with Crippen molar-refractivity contribution in [1.29, 1.82) is 0 Å². The van der Waals surface area contributed by atoms with E-state index in [9.17, 15) is 0 Å². The maximum Gasteiger partial charge on any atom is 2.00 e. The monoisotopic (exact) mass is 992 g/mol. The fraction of sp³-hybridized carbons (Fsp3) is 0.255. The Kier molecular flexibility index (Phi) is 9.92. The van der Waals surface area contributed by atoms with Crippen molar-refractivity contribution in [2.75, 3.05) is 0 Å². The molecule has 0 aliphatic heterocycles. The smallest absolute Gasteiger partial charge is 2.00 e. The third-order valence-corrected chi connectivity index (χ3v) is 13.4. The van der Waals surface area contributed by atoms with Crippen molar-refractivity contribution in [2.24, 2.45) is 5.41 Å². The van der Waals surface area contributed by atoms with Crippen LogP contribution in [0.4, 0.5) is 0 Å². The number of hydrogen-bond donors (Lipinski definition) is 0. The molecule has 0 aliphatic carbocycles. The molecule has 0 atom stereocenters. The predicted octanol–water partition coefficient (Wildman–Crippen LogP) is 13.3. The third kappa shape index (κ3) is 7.40. The Balaban J connectivity index is 0.00000455. The van der Waals surface area contributed by atoms with Gasteiger partial charge in [0.25, 0.3) is 0 Å². The van der Waals surface area contributed by atoms with E-state index in [1.54, 1.807) is 0 Å². The summed E-state index contributed by atoms with van der Waals surface area (Å²) in [4.78, 5) is 9.91. The molecule has 4 nitrogen and oxygen atoms in total. The van der Waals surface area contributed by atoms with E-state index < -0.39 is 0 Å². The second kappa shape index (κ2) is 14.4. The second-order valence-electron chi connectivity index (χ2n) is 18.5. The Morgan fingerprint density at radius 2 is 1.33 bits per heavy atom. The quantitative estimate of drug-likeness (QED) is 0.127. The average Bonchev–Trinajstić information content (AvgIpc) is 3.69. The molecule has 0 bridgehead atoms. The molecular formula is C51H47N3OPtSe. The first-order chi connectivity index (χ1) is 26.6. The summed E-state index contributed by atoms with van der Waals surface area (Å²) in [6.45, 7) is 20.3. The maximum absolute atomic E-state index is 6.77. The molecule has 4 heterocycles. The predicted molar refractivity (Wildman–Crippen MR) is 236 cm³/mol. The summed E-state index contributed by atoms with van der Waals surface area (Å²) in [5.74, 6) is 2.14. The van der Waals surface area contributed by atoms with Crippen molar-refractivity contribution in [2.45, 2.75) is 79.6 Å². The molecule has 6 heteroatoms. The van der Waals surface area contributed by atoms with Gasteiger partial charge >= 0.3 is 302 Å². The van der Waals surface area contributed by atoms with E-state index in [2.05, 4.69) is 170 Å². The molecular weight excluding hydrogens is 945 g/mol. The first-order valence-corrected chi connectivity index (χ1v) is 21.2. The Bertz CT molecular complexity index is 2990. The molecule has 288 valence electrons. The summed E-state index contributed by atoms with van der Waals surface area (Å²) >= 11 is 0.0798. The number of aromatic nitrogens is 3. The minimum Gasteiger partial charge on any atom is 2.00 e. The summed E-state index contributed by atoms with van der Waals surface area (Å²) in [5.41, 5.74) is 7.84. The fourth-order valence-electron chi connectivity index (χ4n) is 7.91. The Morgan fingerprint density at radius 1 is 0.614 bits per heavy atom. The van der Waals surface area contributed by atoms with Crippen LogP contribution in [-0.4, -0.2) is 29.0 Å². The van der Waals surface area contributed by atoms with Gasteiger partial charge in [0, 0.05) is 6.20 Å². The van der Waals surface area contributed by atoms with Gasteiger partial charge in [-0.15, -0.1) is 0 Å². The minimum absolute atomic E-state index is 0. The second-order valence-corrected chi connectivity index (χ2v) is 20.6. The number of para-hydroxylation sites is 1. The topological polar surface area (TPSA) is 39.9 Å². The average molecular weight is 992 g/mol. The summed E-state index contributed by atoms with van der Waals surface area (Å²) < 4.78 is 11.7. The SMILES string of the molecule is CC(C)(C)Cc1ccc2c(ccc3c4ccnc(-c5[c-]c(Oc6[c-]c7c(cc6)c6ccccc6n7-c6cc(C(C)(C)C)ccn6)cc(C(C)(C)C)c5)c4[se]c23)c1.[Pt+2]. The molecule has 0 N–H and O–H groups in total. The van der Waals surface area contributed by atoms with Crippen LogP contribution in [-0.2, 0) is 38.3 Å². The van der Waals surface area contributed by atoms with E-state index in [4.69, 9.17) is 14.7 Å². The summed E-state index contributed by atoms with van der Waals surface area (Å²) in [7, 11) is 0. The van der Waals surface area contributed by atoms with Crippen LogP contribution in [0.25, 0.3) is 68.9 Å². The van der Waals surface area contributed by atoms with E-state index in [1.807, 2.05) is 18.5 Å². The van der Waals surface area contributed by atoms with Gasteiger partial charge in [-0.1, -0.05) is 32.9 Å². The fourth-order valence-corrected chi connectivity index (χ4v) is 10.7. The molecule has 0 radical (unpaired) electrons. The normalized spacial score (nSPS) is 12.6. The Morgan fingerprint density at radius 3 is 2.11 bits per heavy atom. The summed E-state index contributed by atoms with van der Waals surface area (Å²) in [5, 5.41) is 7.52. The van der Waals surface area contributed by atoms with Crippen molar-refractivity contribution in [3.05, 3.63) is 138 Å². The molecule has 57 heavy (non-hydrogen) atoms. The van der Waals surface area contributed by atoms with Gasteiger partial charge in [-0.3, -0.25) is 0 Å². The van der Waals surface area contributed by atoms with Crippen LogP contribution in [0.5, 0.6) is 11.5 Å². The molecule has 4 aromatic heterocycles. The molecule has 0 amide bonds. The Hall–Kier alpha value is -4.53. The van der Waals surface area contributed by atoms with Crippen LogP contribution >= 0.6 is 0 Å². The number of fused-ring (bicyclic) bond motifs is 8. The number of nitrogens with zero attached hydrogens (tertiary/aromatic N) is 3. The molecule has 9 aromatic rings. The molecule has 0 saturated heterocycles. The van der Waals surface area contributed by atoms with Gasteiger partial charge in [0.05, 0.1) is 0 Å². The van der Waals surface area contributed by atoms with Gasteiger partial charge in [0.2, 0.25) is 0 Å². The number of benzene rings is 5. The standard InChI is InChI=1S/C51H47N3OSe.Pt/c1-49(2,3)30-31-14-17-38-32(24-31)15-18-41-42-21-23-53-46(48(42)56-47(38)41)33-25-35(51(7,8)9)27-37(26-33)55-36-16-19-40-39-12-10-11-13-43(39)54(44(40)29-36)45-28-34(20-22-52-45)50(4,5)6;/h10-25,27-28H,30H2,1-9H3;/q-2;+2. The molecule has 0 aliphatic rings. The molecule has 0 saturated carbocycles. The van der Waals surface area contributed by atoms with Gasteiger partial charge in [0.1, 0.15) is 0 Å². The molecule has 9 rings (SSSR count). The van der Waals surface area contributed by atoms with Gasteiger partial charge in [0.15, 0.2) is 0 Å². The van der Waals surface area contributed by atoms with Crippen molar-refractivity contribution in [3.63, 3.8) is 0 Å². The zero-order chi connectivity index (χ0) is 39.1. The molecule has 0 fully saturated rings. The van der Waals surface area contributed by atoms with Crippen LogP contribution in [0.1, 0.15) is 79.0 Å². The third-order valence-electron chi connectivity index (χ3n) is 10.8.